The molecule has 30 heavy (non-hydrogen) atoms. The summed E-state index contributed by atoms with van der Waals surface area (Å²) < 4.78 is 42.2. The van der Waals surface area contributed by atoms with Crippen LogP contribution >= 0.6 is 0 Å². The Morgan fingerprint density at radius 1 is 1.43 bits per heavy atom. The molecule has 2 unspecified atom stereocenters. The number of allylic oxidation sites excluding steroid dienone is 1. The summed E-state index contributed by atoms with van der Waals surface area (Å²) in [7, 11) is 0. The molecule has 1 saturated heterocycles. The van der Waals surface area contributed by atoms with Gasteiger partial charge in [0.15, 0.2) is 11.5 Å². The predicted molar refractivity (Wildman–Crippen MR) is 108 cm³/mol. The molecule has 0 amide bonds. The first-order valence-electron chi connectivity index (χ1n) is 9.36. The van der Waals surface area contributed by atoms with E-state index in [-0.39, 0.29) is 18.1 Å². The number of fused-ring (bicyclic) bond motifs is 1. The van der Waals surface area contributed by atoms with Crippen molar-refractivity contribution in [2.24, 2.45) is 4.99 Å². The first-order chi connectivity index (χ1) is 14.1. The van der Waals surface area contributed by atoms with Gasteiger partial charge >= 0.3 is 0 Å². The number of aromatic amines is 1. The quantitative estimate of drug-likeness (QED) is 0.401. The normalized spacial score (nSPS) is 21.2. The summed E-state index contributed by atoms with van der Waals surface area (Å²) in [6, 6.07) is 2.43. The van der Waals surface area contributed by atoms with Gasteiger partial charge in [-0.15, -0.1) is 6.42 Å². The fourth-order valence-electron chi connectivity index (χ4n) is 3.26. The van der Waals surface area contributed by atoms with Gasteiger partial charge in [0.05, 0.1) is 11.7 Å². The summed E-state index contributed by atoms with van der Waals surface area (Å²) in [5.74, 6) is -1.47. The zero-order valence-electron chi connectivity index (χ0n) is 16.9. The molecular weight excluding hydrogens is 397 g/mol. The van der Waals surface area contributed by atoms with Crippen molar-refractivity contribution in [3.8, 4) is 12.3 Å². The summed E-state index contributed by atoms with van der Waals surface area (Å²) in [5, 5.41) is 20.6. The lowest BCUT2D eigenvalue weighted by Crippen LogP contribution is -2.66. The van der Waals surface area contributed by atoms with Crippen molar-refractivity contribution < 1.29 is 18.3 Å². The fraction of sp³-hybridized carbons (Fsp3) is 0.450. The lowest BCUT2D eigenvalue weighted by molar-refractivity contribution is -0.178. The summed E-state index contributed by atoms with van der Waals surface area (Å²) in [5.41, 5.74) is -1.66. The number of amidine groups is 1. The third-order valence-electron chi connectivity index (χ3n) is 5.28. The summed E-state index contributed by atoms with van der Waals surface area (Å²) in [4.78, 5) is 9.97. The van der Waals surface area contributed by atoms with Crippen LogP contribution in [0.1, 0.15) is 26.5 Å². The van der Waals surface area contributed by atoms with Gasteiger partial charge in [-0.05, 0) is 31.9 Å². The third-order valence-corrected chi connectivity index (χ3v) is 5.28. The number of aliphatic hydroxyl groups is 1. The second-order valence-electron chi connectivity index (χ2n) is 7.42. The van der Waals surface area contributed by atoms with Crippen molar-refractivity contribution in [2.75, 3.05) is 19.6 Å². The van der Waals surface area contributed by atoms with Gasteiger partial charge in [0.2, 0.25) is 0 Å². The topological polar surface area (TPSA) is 89.4 Å². The van der Waals surface area contributed by atoms with Crippen LogP contribution in [0.15, 0.2) is 29.1 Å². The van der Waals surface area contributed by atoms with E-state index in [2.05, 4.69) is 31.4 Å². The van der Waals surface area contributed by atoms with Gasteiger partial charge in [-0.25, -0.2) is 23.1 Å². The maximum atomic E-state index is 14.4. The number of H-pyrrole nitrogens is 1. The molecule has 2 aromatic heterocycles. The Kier molecular flexibility index (Phi) is 5.87. The van der Waals surface area contributed by atoms with Crippen LogP contribution in [0, 0.1) is 12.3 Å². The number of halogens is 3. The zero-order valence-corrected chi connectivity index (χ0v) is 16.9. The van der Waals surface area contributed by atoms with E-state index in [0.29, 0.717) is 36.7 Å². The van der Waals surface area contributed by atoms with Gasteiger partial charge in [0, 0.05) is 38.1 Å². The van der Waals surface area contributed by atoms with Crippen molar-refractivity contribution in [1.82, 2.24) is 25.4 Å². The third kappa shape index (κ3) is 4.04. The standard InChI is InChI=1S/C20H23F3N6O/c1-5-15(29-10-9-24-14(11-29)19(3,30)20(4,22)23)26-16(12(2)21)17-13-7-6-8-25-18(13)28-27-17/h1,6-8,14,24,30H,9-11H2,2-4H3,(H,25,27,28). The summed E-state index contributed by atoms with van der Waals surface area (Å²) in [6.45, 7) is 3.59. The monoisotopic (exact) mass is 420 g/mol. The molecule has 7 nitrogen and oxygen atoms in total. The number of pyridine rings is 1. The first kappa shape index (κ1) is 21.8. The highest BCUT2D eigenvalue weighted by Gasteiger charge is 2.51. The number of aromatic nitrogens is 3. The smallest absolute Gasteiger partial charge is 0.274 e. The highest BCUT2D eigenvalue weighted by atomic mass is 19.3. The molecule has 1 aliphatic rings. The van der Waals surface area contributed by atoms with Crippen LogP contribution in [-0.2, 0) is 0 Å². The van der Waals surface area contributed by atoms with Crippen LogP contribution in [0.4, 0.5) is 13.2 Å². The molecule has 3 N–H and O–H groups in total. The minimum Gasteiger partial charge on any atom is -0.382 e. The van der Waals surface area contributed by atoms with Gasteiger partial charge < -0.3 is 15.3 Å². The fourth-order valence-corrected chi connectivity index (χ4v) is 3.26. The van der Waals surface area contributed by atoms with Crippen molar-refractivity contribution in [3.63, 3.8) is 0 Å². The van der Waals surface area contributed by atoms with Crippen LogP contribution in [0.2, 0.25) is 0 Å². The van der Waals surface area contributed by atoms with E-state index in [4.69, 9.17) is 6.42 Å². The largest absolute Gasteiger partial charge is 0.382 e. The SMILES string of the molecule is C#CC(=NC(=C(C)F)c1[nH]nc2ncccc12)N1CCNC(C(C)(O)C(C)(F)F)C1. The van der Waals surface area contributed by atoms with Crippen LogP contribution in [-0.4, -0.2) is 68.2 Å². The minimum absolute atomic E-state index is 0.0244. The molecule has 0 bridgehead atoms. The van der Waals surface area contributed by atoms with Gasteiger partial charge in [-0.2, -0.15) is 5.10 Å². The molecular formula is C20H23F3N6O. The number of aliphatic imine (C=N–C) groups is 1. The predicted octanol–water partition coefficient (Wildman–Crippen LogP) is 2.33. The Hall–Kier alpha value is -2.90. The lowest BCUT2D eigenvalue weighted by Gasteiger charge is -2.43. The Morgan fingerprint density at radius 3 is 2.80 bits per heavy atom. The van der Waals surface area contributed by atoms with Crippen LogP contribution in [0.3, 0.4) is 0 Å². The molecule has 3 rings (SSSR count). The van der Waals surface area contributed by atoms with E-state index < -0.39 is 23.4 Å². The molecule has 0 radical (unpaired) electrons. The Bertz CT molecular complexity index is 1030. The Labute approximate surface area is 172 Å². The summed E-state index contributed by atoms with van der Waals surface area (Å²) in [6.07, 6.45) is 7.18. The van der Waals surface area contributed by atoms with E-state index in [1.807, 2.05) is 0 Å². The number of piperazine rings is 1. The number of nitrogens with one attached hydrogen (secondary N) is 2. The molecule has 2 aromatic rings. The van der Waals surface area contributed by atoms with E-state index in [1.165, 1.54) is 6.92 Å². The molecule has 2 atom stereocenters. The number of hydrogen-bond donors (Lipinski definition) is 3. The van der Waals surface area contributed by atoms with Crippen LogP contribution in [0.5, 0.6) is 0 Å². The highest BCUT2D eigenvalue weighted by molar-refractivity contribution is 6.02. The Balaban J connectivity index is 1.96. The average molecular weight is 420 g/mol. The molecule has 1 fully saturated rings. The van der Waals surface area contributed by atoms with E-state index in [1.54, 1.807) is 23.2 Å². The maximum Gasteiger partial charge on any atom is 0.274 e. The zero-order chi connectivity index (χ0) is 22.1. The maximum absolute atomic E-state index is 14.4. The second kappa shape index (κ2) is 8.08. The van der Waals surface area contributed by atoms with E-state index in [9.17, 15) is 18.3 Å². The first-order valence-corrected chi connectivity index (χ1v) is 9.36. The molecule has 3 heterocycles. The van der Waals surface area contributed by atoms with Gasteiger partial charge in [-0.3, -0.25) is 5.10 Å². The second-order valence-corrected chi connectivity index (χ2v) is 7.42. The van der Waals surface area contributed by atoms with Crippen LogP contribution < -0.4 is 5.32 Å². The average Bonchev–Trinajstić information content (AvgIpc) is 3.11. The van der Waals surface area contributed by atoms with Gasteiger partial charge in [-0.1, -0.05) is 0 Å². The highest BCUT2D eigenvalue weighted by Crippen LogP contribution is 2.32. The Morgan fingerprint density at radius 2 is 2.17 bits per heavy atom. The lowest BCUT2D eigenvalue weighted by atomic mass is 9.88. The molecule has 0 saturated carbocycles. The molecule has 10 heteroatoms. The van der Waals surface area contributed by atoms with E-state index >= 15 is 0 Å². The summed E-state index contributed by atoms with van der Waals surface area (Å²) >= 11 is 0. The van der Waals surface area contributed by atoms with Crippen molar-refractivity contribution in [3.05, 3.63) is 29.9 Å². The molecule has 0 spiro atoms. The van der Waals surface area contributed by atoms with Crippen molar-refractivity contribution in [2.45, 2.75) is 38.3 Å². The minimum atomic E-state index is -3.34. The molecule has 1 aliphatic heterocycles. The van der Waals surface area contributed by atoms with Gasteiger partial charge in [0.25, 0.3) is 5.92 Å². The number of nitrogens with zero attached hydrogens (tertiary/aromatic N) is 4. The number of rotatable bonds is 4. The molecule has 160 valence electrons. The van der Waals surface area contributed by atoms with E-state index in [0.717, 1.165) is 6.92 Å². The van der Waals surface area contributed by atoms with Gasteiger partial charge in [0.1, 0.15) is 17.1 Å². The van der Waals surface area contributed by atoms with Crippen LogP contribution in [0.25, 0.3) is 16.7 Å². The number of alkyl halides is 2. The van der Waals surface area contributed by atoms with Crippen molar-refractivity contribution in [1.29, 1.82) is 0 Å². The number of terminal acetylenes is 1. The van der Waals surface area contributed by atoms with Crippen molar-refractivity contribution >= 4 is 22.6 Å². The molecule has 0 aromatic carbocycles. The molecule has 0 aliphatic carbocycles. The number of hydrogen-bond acceptors (Lipinski definition) is 5.